The van der Waals surface area contributed by atoms with Crippen LogP contribution in [0.5, 0.6) is 17.2 Å². The highest BCUT2D eigenvalue weighted by atomic mass is 16.5. The molecule has 0 saturated carbocycles. The number of nitrogens with zero attached hydrogens (tertiary/aromatic N) is 4. The maximum Gasteiger partial charge on any atom is 0.162 e. The summed E-state index contributed by atoms with van der Waals surface area (Å²) in [4.78, 5) is 19.7. The fourth-order valence-corrected chi connectivity index (χ4v) is 5.74. The van der Waals surface area contributed by atoms with Crippen molar-refractivity contribution in [1.29, 1.82) is 0 Å². The lowest BCUT2D eigenvalue weighted by atomic mass is 10.1. The first kappa shape index (κ1) is 31.4. The van der Waals surface area contributed by atoms with Gasteiger partial charge in [0, 0.05) is 33.3 Å². The number of aliphatic hydroxyl groups is 1. The van der Waals surface area contributed by atoms with Gasteiger partial charge < -0.3 is 25.2 Å². The molecule has 2 heterocycles. The van der Waals surface area contributed by atoms with Crippen LogP contribution in [0.2, 0.25) is 0 Å². The number of fused-ring (bicyclic) bond motifs is 2. The maximum atomic E-state index is 9.52. The second-order valence-corrected chi connectivity index (χ2v) is 11.8. The average Bonchev–Trinajstić information content (AvgIpc) is 3.19. The first-order valence-corrected chi connectivity index (χ1v) is 16.4. The molecule has 0 unspecified atom stereocenters. The molecule has 0 radical (unpaired) electrons. The van der Waals surface area contributed by atoms with Gasteiger partial charge in [0.1, 0.15) is 28.9 Å². The van der Waals surface area contributed by atoms with E-state index >= 15 is 0 Å². The molecular formula is C42H32N6O3. The molecule has 8 aromatic rings. The number of hydrogen-bond donors (Lipinski definition) is 3. The standard InChI is InChI=1S/C42H32N6O3/c1-50-32-18-16-31(17-19-32)44-42-36-25-34(21-23-38(36)46-40(48-42)29-10-6-3-7-11-29)51-33-20-22-37-35(24-33)41(43-30-14-12-27(26-49)13-15-30)47-39(45-37)28-8-4-2-5-9-28/h2-25,49H,26H2,1H3,(H,43,45,47)(H,44,46,48). The fraction of sp³-hybridized carbons (Fsp3) is 0.0476. The summed E-state index contributed by atoms with van der Waals surface area (Å²) in [5, 5.41) is 18.0. The van der Waals surface area contributed by atoms with Crippen LogP contribution >= 0.6 is 0 Å². The average molecular weight is 669 g/mol. The van der Waals surface area contributed by atoms with E-state index < -0.39 is 0 Å². The van der Waals surface area contributed by atoms with Crippen molar-refractivity contribution in [3.63, 3.8) is 0 Å². The van der Waals surface area contributed by atoms with Gasteiger partial charge in [-0.2, -0.15) is 0 Å². The maximum absolute atomic E-state index is 9.52. The molecule has 0 fully saturated rings. The Bertz CT molecular complexity index is 2280. The molecule has 3 N–H and O–H groups in total. The monoisotopic (exact) mass is 668 g/mol. The largest absolute Gasteiger partial charge is 0.497 e. The number of aliphatic hydroxyl groups excluding tert-OH is 1. The van der Waals surface area contributed by atoms with Gasteiger partial charge in [0.2, 0.25) is 0 Å². The molecule has 8 rings (SSSR count). The summed E-state index contributed by atoms with van der Waals surface area (Å²) in [7, 11) is 1.65. The van der Waals surface area contributed by atoms with E-state index in [0.29, 0.717) is 34.8 Å². The second-order valence-electron chi connectivity index (χ2n) is 11.8. The summed E-state index contributed by atoms with van der Waals surface area (Å²) in [5.41, 5.74) is 5.87. The molecule has 0 aliphatic heterocycles. The minimum Gasteiger partial charge on any atom is -0.497 e. The lowest BCUT2D eigenvalue weighted by molar-refractivity contribution is 0.282. The van der Waals surface area contributed by atoms with Crippen molar-refractivity contribution in [3.8, 4) is 40.0 Å². The van der Waals surface area contributed by atoms with E-state index in [1.54, 1.807) is 7.11 Å². The highest BCUT2D eigenvalue weighted by molar-refractivity contribution is 5.95. The Balaban J connectivity index is 1.17. The van der Waals surface area contributed by atoms with Gasteiger partial charge in [-0.05, 0) is 78.4 Å². The summed E-state index contributed by atoms with van der Waals surface area (Å²) in [6, 6.07) is 46.6. The number of nitrogens with one attached hydrogen (secondary N) is 2. The van der Waals surface area contributed by atoms with Gasteiger partial charge in [0.05, 0.1) is 24.8 Å². The Kier molecular flexibility index (Phi) is 8.60. The molecule has 51 heavy (non-hydrogen) atoms. The van der Waals surface area contributed by atoms with Crippen molar-refractivity contribution in [3.05, 3.63) is 151 Å². The van der Waals surface area contributed by atoms with Gasteiger partial charge in [-0.3, -0.25) is 0 Å². The highest BCUT2D eigenvalue weighted by Crippen LogP contribution is 2.35. The zero-order chi connectivity index (χ0) is 34.6. The third kappa shape index (κ3) is 6.87. The Morgan fingerprint density at radius 1 is 0.510 bits per heavy atom. The molecule has 6 aromatic carbocycles. The molecule has 9 heteroatoms. The van der Waals surface area contributed by atoms with Crippen LogP contribution in [0.1, 0.15) is 5.56 Å². The summed E-state index contributed by atoms with van der Waals surface area (Å²) in [5.74, 6) is 4.50. The van der Waals surface area contributed by atoms with Crippen LogP contribution in [0, 0.1) is 0 Å². The topological polar surface area (TPSA) is 114 Å². The van der Waals surface area contributed by atoms with E-state index in [4.69, 9.17) is 29.4 Å². The van der Waals surface area contributed by atoms with E-state index in [1.807, 2.05) is 146 Å². The predicted octanol–water partition coefficient (Wildman–Crippen LogP) is 9.69. The van der Waals surface area contributed by atoms with Crippen LogP contribution in [0.25, 0.3) is 44.6 Å². The summed E-state index contributed by atoms with van der Waals surface area (Å²) < 4.78 is 11.8. The zero-order valence-corrected chi connectivity index (χ0v) is 27.6. The number of anilines is 4. The number of hydrogen-bond acceptors (Lipinski definition) is 9. The smallest absolute Gasteiger partial charge is 0.162 e. The van der Waals surface area contributed by atoms with Crippen LogP contribution < -0.4 is 20.1 Å². The number of aromatic nitrogens is 4. The second kappa shape index (κ2) is 13.9. The molecule has 2 aromatic heterocycles. The molecule has 248 valence electrons. The minimum absolute atomic E-state index is 0.0241. The Labute approximate surface area is 294 Å². The van der Waals surface area contributed by atoms with Gasteiger partial charge in [-0.15, -0.1) is 0 Å². The molecule has 0 bridgehead atoms. The SMILES string of the molecule is COc1ccc(Nc2nc(-c3ccccc3)nc3ccc(Oc4ccc5nc(-c6ccccc6)nc(Nc6ccc(CO)cc6)c5c4)cc23)cc1. The molecule has 0 aliphatic carbocycles. The van der Waals surface area contributed by atoms with Crippen LogP contribution in [-0.2, 0) is 6.61 Å². The number of methoxy groups -OCH3 is 1. The lowest BCUT2D eigenvalue weighted by Crippen LogP contribution is -2.00. The van der Waals surface area contributed by atoms with E-state index in [1.165, 1.54) is 0 Å². The highest BCUT2D eigenvalue weighted by Gasteiger charge is 2.15. The van der Waals surface area contributed by atoms with Crippen molar-refractivity contribution in [2.45, 2.75) is 6.61 Å². The Morgan fingerprint density at radius 2 is 0.961 bits per heavy atom. The minimum atomic E-state index is -0.0241. The number of benzene rings is 6. The third-order valence-electron chi connectivity index (χ3n) is 8.39. The van der Waals surface area contributed by atoms with Crippen LogP contribution in [0.4, 0.5) is 23.0 Å². The van der Waals surface area contributed by atoms with Gasteiger partial charge in [0.15, 0.2) is 11.6 Å². The van der Waals surface area contributed by atoms with Crippen molar-refractivity contribution < 1.29 is 14.6 Å². The Hall–Kier alpha value is -6.84. The molecule has 9 nitrogen and oxygen atoms in total. The molecular weight excluding hydrogens is 637 g/mol. The fourth-order valence-electron chi connectivity index (χ4n) is 5.74. The Morgan fingerprint density at radius 3 is 1.41 bits per heavy atom. The van der Waals surface area contributed by atoms with Gasteiger partial charge >= 0.3 is 0 Å². The molecule has 0 spiro atoms. The molecule has 0 amide bonds. The predicted molar refractivity (Wildman–Crippen MR) is 202 cm³/mol. The lowest BCUT2D eigenvalue weighted by Gasteiger charge is -2.14. The van der Waals surface area contributed by atoms with Crippen LogP contribution in [0.15, 0.2) is 146 Å². The normalized spacial score (nSPS) is 11.0. The van der Waals surface area contributed by atoms with Crippen LogP contribution in [-0.4, -0.2) is 32.2 Å². The van der Waals surface area contributed by atoms with Crippen molar-refractivity contribution >= 4 is 44.8 Å². The summed E-state index contributed by atoms with van der Waals surface area (Å²) >= 11 is 0. The van der Waals surface area contributed by atoms with E-state index in [0.717, 1.165) is 55.6 Å². The third-order valence-corrected chi connectivity index (χ3v) is 8.39. The first-order valence-electron chi connectivity index (χ1n) is 16.4. The van der Waals surface area contributed by atoms with Crippen molar-refractivity contribution in [2.24, 2.45) is 0 Å². The molecule has 0 aliphatic rings. The number of ether oxygens (including phenoxy) is 2. The van der Waals surface area contributed by atoms with Gasteiger partial charge in [0.25, 0.3) is 0 Å². The van der Waals surface area contributed by atoms with Crippen molar-refractivity contribution in [2.75, 3.05) is 17.7 Å². The van der Waals surface area contributed by atoms with Gasteiger partial charge in [-0.1, -0.05) is 72.8 Å². The van der Waals surface area contributed by atoms with Crippen LogP contribution in [0.3, 0.4) is 0 Å². The van der Waals surface area contributed by atoms with Crippen molar-refractivity contribution in [1.82, 2.24) is 19.9 Å². The van der Waals surface area contributed by atoms with E-state index in [9.17, 15) is 5.11 Å². The summed E-state index contributed by atoms with van der Waals surface area (Å²) in [6.45, 7) is -0.0241. The van der Waals surface area contributed by atoms with Gasteiger partial charge in [-0.25, -0.2) is 19.9 Å². The zero-order valence-electron chi connectivity index (χ0n) is 27.6. The quantitative estimate of drug-likeness (QED) is 0.131. The first-order chi connectivity index (χ1) is 25.1. The molecule has 0 atom stereocenters. The summed E-state index contributed by atoms with van der Waals surface area (Å²) in [6.07, 6.45) is 0. The van der Waals surface area contributed by atoms with E-state index in [-0.39, 0.29) is 6.61 Å². The molecule has 0 saturated heterocycles. The van der Waals surface area contributed by atoms with E-state index in [2.05, 4.69) is 10.6 Å². The number of rotatable bonds is 10.